The van der Waals surface area contributed by atoms with Crippen LogP contribution in [-0.4, -0.2) is 52.6 Å². The largest absolute Gasteiger partial charge is 0.465 e. The van der Waals surface area contributed by atoms with Crippen molar-refractivity contribution in [1.82, 2.24) is 14.8 Å². The highest BCUT2D eigenvalue weighted by Gasteiger charge is 2.28. The van der Waals surface area contributed by atoms with E-state index in [1.54, 1.807) is 11.3 Å². The molecule has 3 aromatic heterocycles. The number of ether oxygens (including phenoxy) is 3. The maximum Gasteiger partial charge on any atom is 0.348 e. The Morgan fingerprint density at radius 2 is 1.94 bits per heavy atom. The van der Waals surface area contributed by atoms with Gasteiger partial charge in [-0.2, -0.15) is 0 Å². The third-order valence-electron chi connectivity index (χ3n) is 4.27. The molecule has 0 atom stereocenters. The summed E-state index contributed by atoms with van der Waals surface area (Å²) in [6, 6.07) is 3.88. The summed E-state index contributed by atoms with van der Waals surface area (Å²) in [6.45, 7) is 2.27. The predicted molar refractivity (Wildman–Crippen MR) is 121 cm³/mol. The molecule has 3 aromatic rings. The van der Waals surface area contributed by atoms with Crippen LogP contribution in [0.2, 0.25) is 0 Å². The standard InChI is InChI=1S/C19H20N4O6S3/c1-4-23-16(11-6-5-7-30-11)21-22-19(23)31-9-12(24)29-8-10-13(17(25)27-2)15(20)32-14(10)18(26)28-3/h5-7H,4,8-9,20H2,1-3H3. The molecule has 3 heterocycles. The van der Waals surface area contributed by atoms with Gasteiger partial charge in [-0.3, -0.25) is 4.79 Å². The lowest BCUT2D eigenvalue weighted by Gasteiger charge is -2.08. The molecule has 0 saturated heterocycles. The zero-order valence-electron chi connectivity index (χ0n) is 17.4. The minimum atomic E-state index is -0.730. The number of hydrogen-bond acceptors (Lipinski definition) is 12. The molecule has 0 amide bonds. The lowest BCUT2D eigenvalue weighted by molar-refractivity contribution is -0.141. The first-order valence-electron chi connectivity index (χ1n) is 9.24. The van der Waals surface area contributed by atoms with Gasteiger partial charge < -0.3 is 24.5 Å². The van der Waals surface area contributed by atoms with Crippen LogP contribution in [0.4, 0.5) is 5.00 Å². The Kier molecular flexibility index (Phi) is 7.88. The molecule has 0 aliphatic carbocycles. The molecule has 0 bridgehead atoms. The Morgan fingerprint density at radius 1 is 1.19 bits per heavy atom. The van der Waals surface area contributed by atoms with Crippen LogP contribution < -0.4 is 5.73 Å². The van der Waals surface area contributed by atoms with E-state index in [1.165, 1.54) is 26.0 Å². The summed E-state index contributed by atoms with van der Waals surface area (Å²) in [4.78, 5) is 37.6. The van der Waals surface area contributed by atoms with Crippen LogP contribution >= 0.6 is 34.4 Å². The van der Waals surface area contributed by atoms with Crippen molar-refractivity contribution in [1.29, 1.82) is 0 Å². The van der Waals surface area contributed by atoms with E-state index in [4.69, 9.17) is 19.9 Å². The van der Waals surface area contributed by atoms with E-state index in [0.29, 0.717) is 11.7 Å². The smallest absolute Gasteiger partial charge is 0.348 e. The number of aromatic nitrogens is 3. The van der Waals surface area contributed by atoms with Gasteiger partial charge >= 0.3 is 17.9 Å². The molecule has 0 aromatic carbocycles. The highest BCUT2D eigenvalue weighted by Crippen LogP contribution is 2.33. The summed E-state index contributed by atoms with van der Waals surface area (Å²) in [6.07, 6.45) is 0. The van der Waals surface area contributed by atoms with Crippen molar-refractivity contribution in [2.75, 3.05) is 25.7 Å². The molecule has 0 fully saturated rings. The molecule has 0 aliphatic heterocycles. The summed E-state index contributed by atoms with van der Waals surface area (Å²) in [5.41, 5.74) is 6.02. The third-order valence-corrected chi connectivity index (χ3v) is 7.11. The molecule has 0 spiro atoms. The lowest BCUT2D eigenvalue weighted by Crippen LogP contribution is -2.14. The Balaban J connectivity index is 1.70. The van der Waals surface area contributed by atoms with Crippen LogP contribution in [0.5, 0.6) is 0 Å². The summed E-state index contributed by atoms with van der Waals surface area (Å²) in [7, 11) is 2.40. The molecule has 170 valence electrons. The number of thiophene rings is 2. The summed E-state index contributed by atoms with van der Waals surface area (Å²) < 4.78 is 16.7. The predicted octanol–water partition coefficient (Wildman–Crippen LogP) is 3.08. The quantitative estimate of drug-likeness (QED) is 0.267. The van der Waals surface area contributed by atoms with E-state index in [2.05, 4.69) is 10.2 Å². The van der Waals surface area contributed by atoms with Crippen molar-refractivity contribution in [3.8, 4) is 10.7 Å². The number of nitrogen functional groups attached to an aromatic ring is 1. The lowest BCUT2D eigenvalue weighted by atomic mass is 10.1. The van der Waals surface area contributed by atoms with Gasteiger partial charge in [0.15, 0.2) is 11.0 Å². The van der Waals surface area contributed by atoms with E-state index in [0.717, 1.165) is 22.0 Å². The second-order valence-corrected chi connectivity index (χ2v) is 9.05. The first-order chi connectivity index (χ1) is 15.4. The molecular formula is C19H20N4O6S3. The average molecular weight is 497 g/mol. The Hall–Kier alpha value is -2.90. The van der Waals surface area contributed by atoms with Gasteiger partial charge in [0, 0.05) is 12.1 Å². The number of nitrogens with zero attached hydrogens (tertiary/aromatic N) is 3. The number of carbonyl (C=O) groups is 3. The molecule has 32 heavy (non-hydrogen) atoms. The monoisotopic (exact) mass is 496 g/mol. The van der Waals surface area contributed by atoms with E-state index in [9.17, 15) is 14.4 Å². The van der Waals surface area contributed by atoms with Gasteiger partial charge in [-0.25, -0.2) is 9.59 Å². The molecular weight excluding hydrogens is 476 g/mol. The van der Waals surface area contributed by atoms with E-state index < -0.39 is 17.9 Å². The fraction of sp³-hybridized carbons (Fsp3) is 0.316. The van der Waals surface area contributed by atoms with Crippen LogP contribution in [0.3, 0.4) is 0 Å². The first kappa shape index (κ1) is 23.8. The van der Waals surface area contributed by atoms with Crippen molar-refractivity contribution in [2.24, 2.45) is 0 Å². The van der Waals surface area contributed by atoms with Crippen LogP contribution in [0.25, 0.3) is 10.7 Å². The van der Waals surface area contributed by atoms with Gasteiger partial charge in [-0.1, -0.05) is 17.8 Å². The normalized spacial score (nSPS) is 10.7. The topological polar surface area (TPSA) is 136 Å². The summed E-state index contributed by atoms with van der Waals surface area (Å²) in [5.74, 6) is -1.28. The van der Waals surface area contributed by atoms with E-state index in [-0.39, 0.29) is 33.4 Å². The molecule has 0 aliphatic rings. The van der Waals surface area contributed by atoms with Gasteiger partial charge in [-0.05, 0) is 18.4 Å². The molecule has 0 unspecified atom stereocenters. The van der Waals surface area contributed by atoms with E-state index >= 15 is 0 Å². The summed E-state index contributed by atoms with van der Waals surface area (Å²) in [5, 5.41) is 11.0. The van der Waals surface area contributed by atoms with Gasteiger partial charge in [0.05, 0.1) is 24.8 Å². The maximum absolute atomic E-state index is 12.4. The highest BCUT2D eigenvalue weighted by atomic mass is 32.2. The van der Waals surface area contributed by atoms with Gasteiger partial charge in [0.1, 0.15) is 22.0 Å². The van der Waals surface area contributed by atoms with Gasteiger partial charge in [-0.15, -0.1) is 32.9 Å². The van der Waals surface area contributed by atoms with Gasteiger partial charge in [0.25, 0.3) is 0 Å². The number of thioether (sulfide) groups is 1. The van der Waals surface area contributed by atoms with Crippen molar-refractivity contribution >= 4 is 57.3 Å². The fourth-order valence-corrected chi connectivity index (χ4v) is 5.29. The van der Waals surface area contributed by atoms with Crippen molar-refractivity contribution in [3.63, 3.8) is 0 Å². The Labute approximate surface area is 195 Å². The maximum atomic E-state index is 12.4. The molecule has 0 saturated carbocycles. The van der Waals surface area contributed by atoms with Crippen molar-refractivity contribution in [2.45, 2.75) is 25.2 Å². The summed E-state index contributed by atoms with van der Waals surface area (Å²) >= 11 is 3.61. The fourth-order valence-electron chi connectivity index (χ4n) is 2.79. The number of carbonyl (C=O) groups excluding carboxylic acids is 3. The minimum Gasteiger partial charge on any atom is -0.465 e. The minimum absolute atomic E-state index is 0.00957. The zero-order valence-corrected chi connectivity index (χ0v) is 19.9. The molecule has 2 N–H and O–H groups in total. The molecule has 0 radical (unpaired) electrons. The van der Waals surface area contributed by atoms with Crippen molar-refractivity contribution < 1.29 is 28.6 Å². The number of esters is 3. The SMILES string of the molecule is CCn1c(SCC(=O)OCc2c(C(=O)OC)sc(N)c2C(=O)OC)nnc1-c1cccs1. The Morgan fingerprint density at radius 3 is 2.56 bits per heavy atom. The number of anilines is 1. The average Bonchev–Trinajstić information content (AvgIpc) is 3.53. The number of nitrogens with two attached hydrogens (primary N) is 1. The van der Waals surface area contributed by atoms with Crippen molar-refractivity contribution in [3.05, 3.63) is 33.5 Å². The molecule has 10 nitrogen and oxygen atoms in total. The number of hydrogen-bond donors (Lipinski definition) is 1. The Bertz CT molecular complexity index is 1120. The molecule has 3 rings (SSSR count). The second kappa shape index (κ2) is 10.6. The third kappa shape index (κ3) is 4.95. The first-order valence-corrected chi connectivity index (χ1v) is 11.9. The number of rotatable bonds is 9. The van der Waals surface area contributed by atoms with Crippen LogP contribution in [0.1, 0.15) is 32.5 Å². The van der Waals surface area contributed by atoms with Crippen LogP contribution in [0.15, 0.2) is 22.7 Å². The van der Waals surface area contributed by atoms with Gasteiger partial charge in [0.2, 0.25) is 0 Å². The number of methoxy groups -OCH3 is 2. The van der Waals surface area contributed by atoms with E-state index in [1.807, 2.05) is 29.0 Å². The van der Waals surface area contributed by atoms with Crippen LogP contribution in [-0.2, 0) is 32.2 Å². The highest BCUT2D eigenvalue weighted by molar-refractivity contribution is 7.99. The van der Waals surface area contributed by atoms with Crippen LogP contribution in [0, 0.1) is 0 Å². The molecule has 13 heteroatoms. The zero-order chi connectivity index (χ0) is 23.3. The second-order valence-electron chi connectivity index (χ2n) is 6.11.